The van der Waals surface area contributed by atoms with Crippen molar-refractivity contribution in [2.45, 2.75) is 25.7 Å². The van der Waals surface area contributed by atoms with Gasteiger partial charge in [0.25, 0.3) is 0 Å². The molecule has 0 amide bonds. The summed E-state index contributed by atoms with van der Waals surface area (Å²) in [4.78, 5) is 16.3. The molecule has 1 saturated heterocycles. The van der Waals surface area contributed by atoms with Crippen molar-refractivity contribution in [2.75, 3.05) is 18.0 Å². The van der Waals surface area contributed by atoms with Crippen LogP contribution in [0.3, 0.4) is 0 Å². The summed E-state index contributed by atoms with van der Waals surface area (Å²) in [5.41, 5.74) is 4.57. The van der Waals surface area contributed by atoms with Gasteiger partial charge in [-0.05, 0) is 37.8 Å². The van der Waals surface area contributed by atoms with Crippen LogP contribution in [0.25, 0.3) is 11.4 Å². The largest absolute Gasteiger partial charge is 0.341 e. The van der Waals surface area contributed by atoms with Gasteiger partial charge >= 0.3 is 0 Å². The molecular weight excluding hydrogens is 236 g/mol. The molecule has 4 rings (SSSR count). The second-order valence-corrected chi connectivity index (χ2v) is 5.21. The third kappa shape index (κ3) is 1.79. The molecule has 3 heterocycles. The van der Waals surface area contributed by atoms with Crippen LogP contribution >= 0.6 is 0 Å². The molecule has 0 bridgehead atoms. The lowest BCUT2D eigenvalue weighted by Gasteiger charge is -2.31. The Morgan fingerprint density at radius 3 is 2.68 bits per heavy atom. The van der Waals surface area contributed by atoms with Gasteiger partial charge < -0.3 is 4.90 Å². The van der Waals surface area contributed by atoms with E-state index < -0.39 is 0 Å². The van der Waals surface area contributed by atoms with Crippen LogP contribution in [0, 0.1) is 0 Å². The van der Waals surface area contributed by atoms with E-state index in [1.54, 1.807) is 0 Å². The number of hydrogen-bond acceptors (Lipinski definition) is 4. The first-order chi connectivity index (χ1) is 9.42. The fourth-order valence-corrected chi connectivity index (χ4v) is 2.79. The van der Waals surface area contributed by atoms with Crippen molar-refractivity contribution >= 4 is 5.95 Å². The number of fused-ring (bicyclic) bond motifs is 1. The second kappa shape index (κ2) is 4.30. The van der Waals surface area contributed by atoms with E-state index in [9.17, 15) is 0 Å². The molecule has 0 unspecified atom stereocenters. The Balaban J connectivity index is 1.86. The molecule has 0 radical (unpaired) electrons. The predicted molar refractivity (Wildman–Crippen MR) is 74.1 cm³/mol. The van der Waals surface area contributed by atoms with E-state index in [2.05, 4.69) is 9.88 Å². The topological polar surface area (TPSA) is 41.9 Å². The van der Waals surface area contributed by atoms with Crippen LogP contribution < -0.4 is 4.90 Å². The smallest absolute Gasteiger partial charge is 0.226 e. The van der Waals surface area contributed by atoms with Gasteiger partial charge in [-0.2, -0.15) is 0 Å². The van der Waals surface area contributed by atoms with Crippen molar-refractivity contribution in [3.63, 3.8) is 0 Å². The van der Waals surface area contributed by atoms with Gasteiger partial charge in [-0.25, -0.2) is 9.97 Å². The monoisotopic (exact) mass is 252 g/mol. The standard InChI is InChI=1S/C15H16N4/c1-2-8-16-13(6-1)14-11-5-3-7-12(11)17-15(18-14)19-9-4-10-19/h1-2,6,8H,3-5,7,9-10H2. The number of anilines is 1. The molecule has 4 nitrogen and oxygen atoms in total. The van der Waals surface area contributed by atoms with Crippen LogP contribution in [0.5, 0.6) is 0 Å². The van der Waals surface area contributed by atoms with Crippen molar-refractivity contribution in [2.24, 2.45) is 0 Å². The summed E-state index contributed by atoms with van der Waals surface area (Å²) < 4.78 is 0. The Bertz CT molecular complexity index is 605. The van der Waals surface area contributed by atoms with Crippen LogP contribution in [0.1, 0.15) is 24.1 Å². The number of rotatable bonds is 2. The first kappa shape index (κ1) is 10.9. The zero-order valence-electron chi connectivity index (χ0n) is 10.8. The molecule has 0 spiro atoms. The third-order valence-electron chi connectivity index (χ3n) is 3.97. The van der Waals surface area contributed by atoms with Gasteiger partial charge in [0.05, 0.1) is 11.4 Å². The van der Waals surface area contributed by atoms with E-state index in [-0.39, 0.29) is 0 Å². The molecule has 1 fully saturated rings. The molecule has 1 aliphatic heterocycles. The van der Waals surface area contributed by atoms with Gasteiger partial charge in [0.15, 0.2) is 0 Å². The van der Waals surface area contributed by atoms with E-state index in [1.165, 1.54) is 24.1 Å². The van der Waals surface area contributed by atoms with Gasteiger partial charge in [-0.1, -0.05) is 6.07 Å². The molecule has 4 heteroatoms. The van der Waals surface area contributed by atoms with Crippen molar-refractivity contribution in [3.05, 3.63) is 35.7 Å². The van der Waals surface area contributed by atoms with Gasteiger partial charge in [-0.3, -0.25) is 4.98 Å². The number of nitrogens with zero attached hydrogens (tertiary/aromatic N) is 4. The summed E-state index contributed by atoms with van der Waals surface area (Å²) in [6, 6.07) is 6.01. The van der Waals surface area contributed by atoms with Gasteiger partial charge in [-0.15, -0.1) is 0 Å². The predicted octanol–water partition coefficient (Wildman–Crippen LogP) is 2.24. The minimum Gasteiger partial charge on any atom is -0.341 e. The quantitative estimate of drug-likeness (QED) is 0.822. The van der Waals surface area contributed by atoms with Crippen LogP contribution in [-0.4, -0.2) is 28.0 Å². The minimum atomic E-state index is 0.896. The molecule has 2 aromatic heterocycles. The Hall–Kier alpha value is -1.97. The van der Waals surface area contributed by atoms with E-state index in [4.69, 9.17) is 9.97 Å². The summed E-state index contributed by atoms with van der Waals surface area (Å²) in [6.45, 7) is 2.17. The zero-order valence-corrected chi connectivity index (χ0v) is 10.8. The van der Waals surface area contributed by atoms with Crippen LogP contribution in [0.4, 0.5) is 5.95 Å². The fraction of sp³-hybridized carbons (Fsp3) is 0.400. The molecule has 96 valence electrons. The van der Waals surface area contributed by atoms with Gasteiger partial charge in [0.1, 0.15) is 0 Å². The average Bonchev–Trinajstić information content (AvgIpc) is 2.85. The highest BCUT2D eigenvalue weighted by molar-refractivity contribution is 5.63. The maximum atomic E-state index is 4.79. The number of hydrogen-bond donors (Lipinski definition) is 0. The fourth-order valence-electron chi connectivity index (χ4n) is 2.79. The van der Waals surface area contributed by atoms with Crippen molar-refractivity contribution in [1.29, 1.82) is 0 Å². The molecular formula is C15H16N4. The normalized spacial score (nSPS) is 17.2. The number of aromatic nitrogens is 3. The Morgan fingerprint density at radius 2 is 1.95 bits per heavy atom. The maximum absolute atomic E-state index is 4.79. The molecule has 0 saturated carbocycles. The molecule has 0 aromatic carbocycles. The summed E-state index contributed by atoms with van der Waals surface area (Å²) >= 11 is 0. The summed E-state index contributed by atoms with van der Waals surface area (Å²) in [5, 5.41) is 0. The summed E-state index contributed by atoms with van der Waals surface area (Å²) in [5.74, 6) is 0.896. The molecule has 19 heavy (non-hydrogen) atoms. The van der Waals surface area contributed by atoms with Crippen molar-refractivity contribution < 1.29 is 0 Å². The van der Waals surface area contributed by atoms with E-state index in [0.717, 1.165) is 43.3 Å². The third-order valence-corrected chi connectivity index (χ3v) is 3.97. The molecule has 0 N–H and O–H groups in total. The second-order valence-electron chi connectivity index (χ2n) is 5.21. The van der Waals surface area contributed by atoms with Crippen molar-refractivity contribution in [3.8, 4) is 11.4 Å². The molecule has 0 atom stereocenters. The number of pyridine rings is 1. The molecule has 1 aliphatic carbocycles. The Kier molecular flexibility index (Phi) is 2.47. The summed E-state index contributed by atoms with van der Waals surface area (Å²) in [6.07, 6.45) is 6.44. The van der Waals surface area contributed by atoms with Crippen LogP contribution in [0.2, 0.25) is 0 Å². The number of aryl methyl sites for hydroxylation is 1. The lowest BCUT2D eigenvalue weighted by Crippen LogP contribution is -2.38. The van der Waals surface area contributed by atoms with Crippen molar-refractivity contribution in [1.82, 2.24) is 15.0 Å². The lowest BCUT2D eigenvalue weighted by atomic mass is 10.1. The average molecular weight is 252 g/mol. The van der Waals surface area contributed by atoms with E-state index >= 15 is 0 Å². The van der Waals surface area contributed by atoms with Gasteiger partial charge in [0.2, 0.25) is 5.95 Å². The SMILES string of the molecule is c1ccc(-c2nc(N3CCC3)nc3c2CCC3)nc1. The van der Waals surface area contributed by atoms with E-state index in [1.807, 2.05) is 24.4 Å². The van der Waals surface area contributed by atoms with E-state index in [0.29, 0.717) is 0 Å². The maximum Gasteiger partial charge on any atom is 0.226 e. The Labute approximate surface area is 112 Å². The summed E-state index contributed by atoms with van der Waals surface area (Å²) in [7, 11) is 0. The lowest BCUT2D eigenvalue weighted by molar-refractivity contribution is 0.599. The highest BCUT2D eigenvalue weighted by atomic mass is 15.3. The highest BCUT2D eigenvalue weighted by Gasteiger charge is 2.24. The molecule has 2 aromatic rings. The zero-order chi connectivity index (χ0) is 12.7. The highest BCUT2D eigenvalue weighted by Crippen LogP contribution is 2.31. The van der Waals surface area contributed by atoms with Crippen LogP contribution in [-0.2, 0) is 12.8 Å². The first-order valence-electron chi connectivity index (χ1n) is 6.98. The Morgan fingerprint density at radius 1 is 1.00 bits per heavy atom. The first-order valence-corrected chi connectivity index (χ1v) is 6.98. The molecule has 2 aliphatic rings. The van der Waals surface area contributed by atoms with Crippen LogP contribution in [0.15, 0.2) is 24.4 Å². The van der Waals surface area contributed by atoms with Gasteiger partial charge in [0, 0.05) is 30.5 Å². The minimum absolute atomic E-state index is 0.896.